The Morgan fingerprint density at radius 1 is 1.26 bits per heavy atom. The van der Waals surface area contributed by atoms with Crippen LogP contribution in [0.15, 0.2) is 46.8 Å². The molecule has 0 spiro atoms. The zero-order chi connectivity index (χ0) is 16.4. The first-order chi connectivity index (χ1) is 11.1. The van der Waals surface area contributed by atoms with Gasteiger partial charge in [0, 0.05) is 20.3 Å². The Kier molecular flexibility index (Phi) is 3.98. The summed E-state index contributed by atoms with van der Waals surface area (Å²) in [7, 11) is 3.23. The SMILES string of the molecule is CN(C)C(=O)c1cc(N=Nc2snc3ncccc23)ccc1O. The molecular weight excluding hydrogens is 314 g/mol. The average Bonchev–Trinajstić information content (AvgIpc) is 2.96. The number of carbonyl (C=O) groups excluding carboxylic acids is 1. The van der Waals surface area contributed by atoms with Crippen LogP contribution in [0.5, 0.6) is 5.75 Å². The fraction of sp³-hybridized carbons (Fsp3) is 0.133. The molecule has 2 heterocycles. The van der Waals surface area contributed by atoms with E-state index in [0.717, 1.165) is 5.39 Å². The Labute approximate surface area is 136 Å². The van der Waals surface area contributed by atoms with Crippen molar-refractivity contribution in [3.63, 3.8) is 0 Å². The first-order valence-corrected chi connectivity index (χ1v) is 7.50. The summed E-state index contributed by atoms with van der Waals surface area (Å²) in [5.74, 6) is -0.387. The van der Waals surface area contributed by atoms with E-state index in [1.807, 2.05) is 12.1 Å². The van der Waals surface area contributed by atoms with Crippen LogP contribution in [0, 0.1) is 0 Å². The average molecular weight is 327 g/mol. The third kappa shape index (κ3) is 3.02. The zero-order valence-electron chi connectivity index (χ0n) is 12.5. The van der Waals surface area contributed by atoms with Crippen LogP contribution in [-0.2, 0) is 0 Å². The van der Waals surface area contributed by atoms with Gasteiger partial charge in [0.2, 0.25) is 0 Å². The Morgan fingerprint density at radius 3 is 2.87 bits per heavy atom. The summed E-state index contributed by atoms with van der Waals surface area (Å²) in [6.45, 7) is 0. The van der Waals surface area contributed by atoms with Gasteiger partial charge in [-0.3, -0.25) is 4.79 Å². The monoisotopic (exact) mass is 327 g/mol. The number of benzene rings is 1. The number of amides is 1. The maximum atomic E-state index is 12.0. The summed E-state index contributed by atoms with van der Waals surface area (Å²) in [5.41, 5.74) is 1.28. The van der Waals surface area contributed by atoms with Gasteiger partial charge in [-0.05, 0) is 41.9 Å². The number of pyridine rings is 1. The van der Waals surface area contributed by atoms with Gasteiger partial charge < -0.3 is 10.0 Å². The van der Waals surface area contributed by atoms with E-state index in [-0.39, 0.29) is 17.2 Å². The predicted octanol–water partition coefficient (Wildman–Crippen LogP) is 3.51. The van der Waals surface area contributed by atoms with Crippen molar-refractivity contribution in [1.82, 2.24) is 14.3 Å². The molecule has 0 unspecified atom stereocenters. The first kappa shape index (κ1) is 15.0. The highest BCUT2D eigenvalue weighted by atomic mass is 32.1. The molecule has 23 heavy (non-hydrogen) atoms. The van der Waals surface area contributed by atoms with Crippen molar-refractivity contribution in [1.29, 1.82) is 0 Å². The number of hydrogen-bond donors (Lipinski definition) is 1. The van der Waals surface area contributed by atoms with Crippen LogP contribution >= 0.6 is 11.5 Å². The number of aromatic hydroxyl groups is 1. The molecule has 1 amide bonds. The predicted molar refractivity (Wildman–Crippen MR) is 87.7 cm³/mol. The largest absolute Gasteiger partial charge is 0.507 e. The lowest BCUT2D eigenvalue weighted by Crippen LogP contribution is -2.21. The van der Waals surface area contributed by atoms with Crippen LogP contribution in [0.4, 0.5) is 10.7 Å². The molecule has 8 heteroatoms. The van der Waals surface area contributed by atoms with E-state index in [9.17, 15) is 9.90 Å². The molecule has 1 N–H and O–H groups in total. The van der Waals surface area contributed by atoms with Crippen LogP contribution in [0.2, 0.25) is 0 Å². The Balaban J connectivity index is 1.94. The number of rotatable bonds is 3. The summed E-state index contributed by atoms with van der Waals surface area (Å²) in [6, 6.07) is 8.20. The van der Waals surface area contributed by atoms with Crippen molar-refractivity contribution in [2.24, 2.45) is 10.2 Å². The number of phenols is 1. The first-order valence-electron chi connectivity index (χ1n) is 6.73. The second-order valence-electron chi connectivity index (χ2n) is 4.96. The maximum absolute atomic E-state index is 12.0. The molecule has 7 nitrogen and oxygen atoms in total. The molecule has 0 aliphatic heterocycles. The lowest BCUT2D eigenvalue weighted by Gasteiger charge is -2.11. The highest BCUT2D eigenvalue weighted by Gasteiger charge is 2.14. The van der Waals surface area contributed by atoms with Crippen molar-refractivity contribution >= 4 is 39.2 Å². The van der Waals surface area contributed by atoms with Gasteiger partial charge in [0.1, 0.15) is 5.75 Å². The lowest BCUT2D eigenvalue weighted by atomic mass is 10.1. The molecule has 0 saturated heterocycles. The number of nitrogens with zero attached hydrogens (tertiary/aromatic N) is 5. The van der Waals surface area contributed by atoms with Crippen LogP contribution in [0.25, 0.3) is 11.0 Å². The van der Waals surface area contributed by atoms with Crippen molar-refractivity contribution in [2.45, 2.75) is 0 Å². The molecule has 0 bridgehead atoms. The minimum absolute atomic E-state index is 0.0879. The van der Waals surface area contributed by atoms with E-state index >= 15 is 0 Å². The second kappa shape index (κ2) is 6.09. The molecule has 3 aromatic rings. The highest BCUT2D eigenvalue weighted by molar-refractivity contribution is 7.11. The molecule has 2 aromatic heterocycles. The molecule has 0 saturated carbocycles. The molecule has 0 aliphatic carbocycles. The normalized spacial score (nSPS) is 11.2. The van der Waals surface area contributed by atoms with Gasteiger partial charge in [0.25, 0.3) is 5.91 Å². The van der Waals surface area contributed by atoms with Gasteiger partial charge in [0.05, 0.1) is 16.6 Å². The van der Waals surface area contributed by atoms with Gasteiger partial charge in [-0.25, -0.2) is 4.98 Å². The molecule has 0 atom stereocenters. The minimum atomic E-state index is -0.299. The van der Waals surface area contributed by atoms with Gasteiger partial charge in [-0.1, -0.05) is 0 Å². The van der Waals surface area contributed by atoms with E-state index in [1.54, 1.807) is 26.4 Å². The number of phenolic OH excluding ortho intramolecular Hbond substituents is 1. The Hall–Kier alpha value is -2.87. The van der Waals surface area contributed by atoms with Gasteiger partial charge in [-0.2, -0.15) is 4.37 Å². The highest BCUT2D eigenvalue weighted by Crippen LogP contribution is 2.31. The van der Waals surface area contributed by atoms with E-state index in [4.69, 9.17) is 0 Å². The zero-order valence-corrected chi connectivity index (χ0v) is 13.3. The van der Waals surface area contributed by atoms with Crippen molar-refractivity contribution in [3.8, 4) is 5.75 Å². The molecule has 3 rings (SSSR count). The fourth-order valence-corrected chi connectivity index (χ4v) is 2.60. The molecule has 0 fully saturated rings. The van der Waals surface area contributed by atoms with Crippen LogP contribution in [0.3, 0.4) is 0 Å². The summed E-state index contributed by atoms with van der Waals surface area (Å²) in [5, 5.41) is 19.6. The summed E-state index contributed by atoms with van der Waals surface area (Å²) in [4.78, 5) is 17.5. The number of fused-ring (bicyclic) bond motifs is 1. The van der Waals surface area contributed by atoms with E-state index in [2.05, 4.69) is 19.6 Å². The van der Waals surface area contributed by atoms with E-state index in [1.165, 1.54) is 28.6 Å². The number of carbonyl (C=O) groups is 1. The van der Waals surface area contributed by atoms with Crippen LogP contribution in [-0.4, -0.2) is 39.4 Å². The quantitative estimate of drug-likeness (QED) is 0.745. The van der Waals surface area contributed by atoms with Crippen molar-refractivity contribution in [2.75, 3.05) is 14.1 Å². The summed E-state index contributed by atoms with van der Waals surface area (Å²) < 4.78 is 4.19. The standard InChI is InChI=1S/C15H13N5O2S/c1-20(2)15(22)11-8-9(5-6-12(11)21)17-18-14-10-4-3-7-16-13(10)19-23-14/h3-8,21H,1-2H3. The van der Waals surface area contributed by atoms with Crippen LogP contribution in [0.1, 0.15) is 10.4 Å². The number of hydrogen-bond acceptors (Lipinski definition) is 7. The third-order valence-electron chi connectivity index (χ3n) is 3.11. The number of azo groups is 1. The summed E-state index contributed by atoms with van der Waals surface area (Å²) in [6.07, 6.45) is 1.67. The van der Waals surface area contributed by atoms with E-state index < -0.39 is 0 Å². The molecule has 116 valence electrons. The molecule has 0 radical (unpaired) electrons. The topological polar surface area (TPSA) is 91.0 Å². The Morgan fingerprint density at radius 2 is 2.09 bits per heavy atom. The third-order valence-corrected chi connectivity index (χ3v) is 3.85. The smallest absolute Gasteiger partial charge is 0.257 e. The van der Waals surface area contributed by atoms with Crippen LogP contribution < -0.4 is 0 Å². The van der Waals surface area contributed by atoms with Crippen molar-refractivity contribution in [3.05, 3.63) is 42.1 Å². The van der Waals surface area contributed by atoms with Crippen molar-refractivity contribution < 1.29 is 9.90 Å². The summed E-state index contributed by atoms with van der Waals surface area (Å²) >= 11 is 1.20. The second-order valence-corrected chi connectivity index (χ2v) is 5.72. The van der Waals surface area contributed by atoms with Gasteiger partial charge >= 0.3 is 0 Å². The molecular formula is C15H13N5O2S. The Bertz CT molecular complexity index is 904. The molecule has 1 aromatic carbocycles. The minimum Gasteiger partial charge on any atom is -0.507 e. The van der Waals surface area contributed by atoms with Gasteiger partial charge in [-0.15, -0.1) is 10.2 Å². The maximum Gasteiger partial charge on any atom is 0.257 e. The van der Waals surface area contributed by atoms with E-state index in [0.29, 0.717) is 16.3 Å². The fourth-order valence-electron chi connectivity index (χ4n) is 1.95. The van der Waals surface area contributed by atoms with Gasteiger partial charge in [0.15, 0.2) is 10.6 Å². The number of aromatic nitrogens is 2. The molecule has 0 aliphatic rings. The lowest BCUT2D eigenvalue weighted by molar-refractivity contribution is 0.0824.